The summed E-state index contributed by atoms with van der Waals surface area (Å²) in [6, 6.07) is -0.00513. The second kappa shape index (κ2) is 6.92. The lowest BCUT2D eigenvalue weighted by atomic mass is 10.1. The van der Waals surface area contributed by atoms with Gasteiger partial charge in [-0.15, -0.1) is 0 Å². The van der Waals surface area contributed by atoms with Crippen LogP contribution in [0.5, 0.6) is 0 Å². The summed E-state index contributed by atoms with van der Waals surface area (Å²) in [6.45, 7) is 6.66. The van der Waals surface area contributed by atoms with E-state index in [1.807, 2.05) is 4.90 Å². The fraction of sp³-hybridized carbons (Fsp3) is 0.857. The van der Waals surface area contributed by atoms with Gasteiger partial charge in [0.25, 0.3) is 0 Å². The SMILES string of the molecule is CCCN1CCN(C(=O)N[C@H]2CC[C@@H](C(=O)O)C2)CC1. The minimum Gasteiger partial charge on any atom is -0.481 e. The second-order valence-electron chi connectivity index (χ2n) is 5.82. The largest absolute Gasteiger partial charge is 0.481 e. The predicted octanol–water partition coefficient (Wildman–Crippen LogP) is 0.977. The van der Waals surface area contributed by atoms with Crippen molar-refractivity contribution < 1.29 is 14.7 Å². The zero-order chi connectivity index (χ0) is 14.5. The first kappa shape index (κ1) is 15.1. The summed E-state index contributed by atoms with van der Waals surface area (Å²) >= 11 is 0. The Morgan fingerprint density at radius 1 is 1.20 bits per heavy atom. The number of carbonyl (C=O) groups is 2. The van der Waals surface area contributed by atoms with Crippen LogP contribution in [0.3, 0.4) is 0 Å². The van der Waals surface area contributed by atoms with Crippen LogP contribution >= 0.6 is 0 Å². The number of carboxylic acid groups (broad SMARTS) is 1. The minimum atomic E-state index is -0.741. The van der Waals surface area contributed by atoms with Crippen molar-refractivity contribution in [2.75, 3.05) is 32.7 Å². The van der Waals surface area contributed by atoms with E-state index >= 15 is 0 Å². The van der Waals surface area contributed by atoms with Gasteiger partial charge in [-0.1, -0.05) is 6.92 Å². The lowest BCUT2D eigenvalue weighted by Crippen LogP contribution is -2.53. The average Bonchev–Trinajstić information content (AvgIpc) is 2.88. The van der Waals surface area contributed by atoms with Crippen molar-refractivity contribution in [1.29, 1.82) is 0 Å². The number of carbonyl (C=O) groups excluding carboxylic acids is 1. The maximum Gasteiger partial charge on any atom is 0.317 e. The standard InChI is InChI=1S/C14H25N3O3/c1-2-5-16-6-8-17(9-7-16)14(20)15-12-4-3-11(10-12)13(18)19/h11-12H,2-10H2,1H3,(H,15,20)(H,18,19)/t11-,12+/m1/s1. The molecule has 2 fully saturated rings. The van der Waals surface area contributed by atoms with Gasteiger partial charge >= 0.3 is 12.0 Å². The fourth-order valence-corrected chi connectivity index (χ4v) is 3.09. The van der Waals surface area contributed by atoms with E-state index in [-0.39, 0.29) is 18.0 Å². The molecule has 2 N–H and O–H groups in total. The molecule has 2 amide bonds. The highest BCUT2D eigenvalue weighted by molar-refractivity contribution is 5.75. The van der Waals surface area contributed by atoms with E-state index in [0.29, 0.717) is 12.8 Å². The van der Waals surface area contributed by atoms with Gasteiger partial charge in [0.15, 0.2) is 0 Å². The third-order valence-corrected chi connectivity index (χ3v) is 4.31. The molecule has 1 saturated heterocycles. The van der Waals surface area contributed by atoms with Crippen LogP contribution in [0.1, 0.15) is 32.6 Å². The van der Waals surface area contributed by atoms with Gasteiger partial charge in [-0.2, -0.15) is 0 Å². The number of piperazine rings is 1. The molecule has 114 valence electrons. The molecule has 6 heteroatoms. The number of carboxylic acids is 1. The molecule has 0 aromatic heterocycles. The van der Waals surface area contributed by atoms with Crippen molar-refractivity contribution in [3.05, 3.63) is 0 Å². The Morgan fingerprint density at radius 2 is 1.90 bits per heavy atom. The number of rotatable bonds is 4. The van der Waals surface area contributed by atoms with E-state index in [0.717, 1.165) is 45.6 Å². The summed E-state index contributed by atoms with van der Waals surface area (Å²) in [5.41, 5.74) is 0. The molecule has 0 spiro atoms. The highest BCUT2D eigenvalue weighted by atomic mass is 16.4. The highest BCUT2D eigenvalue weighted by Crippen LogP contribution is 2.25. The summed E-state index contributed by atoms with van der Waals surface area (Å²) < 4.78 is 0. The van der Waals surface area contributed by atoms with Crippen LogP contribution in [-0.2, 0) is 4.79 Å². The molecule has 1 saturated carbocycles. The summed E-state index contributed by atoms with van der Waals surface area (Å²) in [4.78, 5) is 27.3. The molecule has 6 nitrogen and oxygen atoms in total. The van der Waals surface area contributed by atoms with Gasteiger partial charge in [0.1, 0.15) is 0 Å². The van der Waals surface area contributed by atoms with Crippen LogP contribution in [0.15, 0.2) is 0 Å². The summed E-state index contributed by atoms with van der Waals surface area (Å²) in [5, 5.41) is 12.0. The van der Waals surface area contributed by atoms with Crippen LogP contribution in [0.2, 0.25) is 0 Å². The molecule has 1 aliphatic heterocycles. The number of aliphatic carboxylic acids is 1. The highest BCUT2D eigenvalue weighted by Gasteiger charge is 2.31. The Balaban J connectivity index is 1.72. The summed E-state index contributed by atoms with van der Waals surface area (Å²) in [6.07, 6.45) is 3.16. The Morgan fingerprint density at radius 3 is 2.45 bits per heavy atom. The van der Waals surface area contributed by atoms with Crippen molar-refractivity contribution in [2.24, 2.45) is 5.92 Å². The van der Waals surface area contributed by atoms with Crippen molar-refractivity contribution in [1.82, 2.24) is 15.1 Å². The Bertz CT molecular complexity index is 354. The van der Waals surface area contributed by atoms with Gasteiger partial charge in [0.2, 0.25) is 0 Å². The van der Waals surface area contributed by atoms with Gasteiger partial charge in [0, 0.05) is 32.2 Å². The zero-order valence-corrected chi connectivity index (χ0v) is 12.2. The lowest BCUT2D eigenvalue weighted by molar-refractivity contribution is -0.141. The van der Waals surface area contributed by atoms with Crippen molar-refractivity contribution >= 4 is 12.0 Å². The van der Waals surface area contributed by atoms with E-state index in [4.69, 9.17) is 5.11 Å². The third kappa shape index (κ3) is 3.85. The summed E-state index contributed by atoms with van der Waals surface area (Å²) in [5.74, 6) is -1.03. The number of amides is 2. The minimum absolute atomic E-state index is 0.0253. The Labute approximate surface area is 120 Å². The van der Waals surface area contributed by atoms with Gasteiger partial charge in [-0.3, -0.25) is 9.69 Å². The van der Waals surface area contributed by atoms with Crippen LogP contribution in [0.25, 0.3) is 0 Å². The van der Waals surface area contributed by atoms with Crippen LogP contribution in [-0.4, -0.2) is 65.7 Å². The molecule has 2 aliphatic rings. The quantitative estimate of drug-likeness (QED) is 0.806. The molecule has 0 aromatic rings. The second-order valence-corrected chi connectivity index (χ2v) is 5.82. The van der Waals surface area contributed by atoms with E-state index in [2.05, 4.69) is 17.1 Å². The molecule has 0 radical (unpaired) electrons. The molecule has 2 atom stereocenters. The summed E-state index contributed by atoms with van der Waals surface area (Å²) in [7, 11) is 0. The van der Waals surface area contributed by atoms with Crippen LogP contribution in [0.4, 0.5) is 4.79 Å². The molecule has 0 aromatic carbocycles. The first-order valence-electron chi connectivity index (χ1n) is 7.60. The molecule has 0 unspecified atom stereocenters. The van der Waals surface area contributed by atoms with Crippen molar-refractivity contribution in [3.63, 3.8) is 0 Å². The van der Waals surface area contributed by atoms with Crippen molar-refractivity contribution in [2.45, 2.75) is 38.6 Å². The molecule has 20 heavy (non-hydrogen) atoms. The first-order chi connectivity index (χ1) is 9.60. The zero-order valence-electron chi connectivity index (χ0n) is 12.2. The van der Waals surface area contributed by atoms with Gasteiger partial charge in [-0.05, 0) is 32.2 Å². The first-order valence-corrected chi connectivity index (χ1v) is 7.60. The van der Waals surface area contributed by atoms with E-state index in [1.165, 1.54) is 0 Å². The fourth-order valence-electron chi connectivity index (χ4n) is 3.09. The number of nitrogens with one attached hydrogen (secondary N) is 1. The van der Waals surface area contributed by atoms with Gasteiger partial charge in [-0.25, -0.2) is 4.79 Å². The molecular weight excluding hydrogens is 258 g/mol. The molecule has 2 rings (SSSR count). The van der Waals surface area contributed by atoms with E-state index in [1.54, 1.807) is 0 Å². The third-order valence-electron chi connectivity index (χ3n) is 4.31. The number of hydrogen-bond acceptors (Lipinski definition) is 3. The van der Waals surface area contributed by atoms with E-state index in [9.17, 15) is 9.59 Å². The number of nitrogens with zero attached hydrogens (tertiary/aromatic N) is 2. The average molecular weight is 283 g/mol. The number of urea groups is 1. The Kier molecular flexibility index (Phi) is 5.23. The van der Waals surface area contributed by atoms with Crippen molar-refractivity contribution in [3.8, 4) is 0 Å². The van der Waals surface area contributed by atoms with Crippen LogP contribution in [0, 0.1) is 5.92 Å². The Hall–Kier alpha value is -1.30. The van der Waals surface area contributed by atoms with Crippen LogP contribution < -0.4 is 5.32 Å². The molecule has 1 heterocycles. The van der Waals surface area contributed by atoms with Gasteiger partial charge in [0.05, 0.1) is 5.92 Å². The number of hydrogen-bond donors (Lipinski definition) is 2. The smallest absolute Gasteiger partial charge is 0.317 e. The van der Waals surface area contributed by atoms with E-state index < -0.39 is 5.97 Å². The maximum atomic E-state index is 12.1. The molecule has 0 bridgehead atoms. The molecule has 1 aliphatic carbocycles. The lowest BCUT2D eigenvalue weighted by Gasteiger charge is -2.35. The predicted molar refractivity (Wildman–Crippen MR) is 75.6 cm³/mol. The van der Waals surface area contributed by atoms with Gasteiger partial charge < -0.3 is 15.3 Å². The molecular formula is C14H25N3O3. The maximum absolute atomic E-state index is 12.1. The monoisotopic (exact) mass is 283 g/mol. The normalized spacial score (nSPS) is 27.6. The topological polar surface area (TPSA) is 72.9 Å².